The molecule has 7 nitrogen and oxygen atoms in total. The van der Waals surface area contributed by atoms with E-state index in [1.165, 1.54) is 0 Å². The van der Waals surface area contributed by atoms with Crippen molar-refractivity contribution in [3.63, 3.8) is 0 Å². The summed E-state index contributed by atoms with van der Waals surface area (Å²) in [6, 6.07) is 3.61. The molecule has 0 aliphatic heterocycles. The summed E-state index contributed by atoms with van der Waals surface area (Å²) in [5.41, 5.74) is 1.28. The van der Waals surface area contributed by atoms with E-state index >= 15 is 0 Å². The number of hydrogen-bond donors (Lipinski definition) is 2. The molecule has 2 aromatic heterocycles. The average molecular weight is 364 g/mol. The summed E-state index contributed by atoms with van der Waals surface area (Å²) in [6.45, 7) is 6.63. The first-order chi connectivity index (χ1) is 11.8. The fourth-order valence-electron chi connectivity index (χ4n) is 1.94. The maximum absolute atomic E-state index is 11.5. The summed E-state index contributed by atoms with van der Waals surface area (Å²) in [6.07, 6.45) is 5.40. The van der Waals surface area contributed by atoms with Crippen molar-refractivity contribution in [3.05, 3.63) is 35.9 Å². The molecular formula is C17H22ClN5O2. The summed E-state index contributed by atoms with van der Waals surface area (Å²) in [5, 5.41) is 6.23. The zero-order valence-corrected chi connectivity index (χ0v) is 15.3. The van der Waals surface area contributed by atoms with E-state index < -0.39 is 11.7 Å². The van der Waals surface area contributed by atoms with Crippen LogP contribution in [-0.4, -0.2) is 39.7 Å². The van der Waals surface area contributed by atoms with E-state index in [-0.39, 0.29) is 0 Å². The molecule has 0 fully saturated rings. The van der Waals surface area contributed by atoms with Gasteiger partial charge in [0.05, 0.1) is 0 Å². The maximum Gasteiger partial charge on any atom is 0.407 e. The molecule has 0 aromatic carbocycles. The predicted molar refractivity (Wildman–Crippen MR) is 97.6 cm³/mol. The van der Waals surface area contributed by atoms with Gasteiger partial charge >= 0.3 is 6.09 Å². The van der Waals surface area contributed by atoms with Gasteiger partial charge in [0.1, 0.15) is 10.8 Å². The molecule has 0 radical (unpaired) electrons. The molecule has 0 aliphatic rings. The Labute approximate surface area is 152 Å². The van der Waals surface area contributed by atoms with E-state index in [2.05, 4.69) is 25.6 Å². The van der Waals surface area contributed by atoms with Crippen LogP contribution in [0.2, 0.25) is 5.15 Å². The topological polar surface area (TPSA) is 89.0 Å². The van der Waals surface area contributed by atoms with Crippen molar-refractivity contribution < 1.29 is 9.53 Å². The second-order valence-electron chi connectivity index (χ2n) is 6.37. The van der Waals surface area contributed by atoms with Crippen molar-refractivity contribution >= 4 is 23.6 Å². The Bertz CT molecular complexity index is 701. The minimum Gasteiger partial charge on any atom is -0.444 e. The Morgan fingerprint density at radius 1 is 1.16 bits per heavy atom. The number of aromatic nitrogens is 3. The number of hydrogen-bond acceptors (Lipinski definition) is 6. The number of nitrogens with one attached hydrogen (secondary N) is 2. The maximum atomic E-state index is 11.5. The summed E-state index contributed by atoms with van der Waals surface area (Å²) in [5.74, 6) is 0.529. The number of rotatable bonds is 6. The molecule has 2 N–H and O–H groups in total. The number of ether oxygens (including phenoxy) is 1. The van der Waals surface area contributed by atoms with Crippen LogP contribution < -0.4 is 10.6 Å². The van der Waals surface area contributed by atoms with Crippen LogP contribution in [0.15, 0.2) is 30.7 Å². The fraction of sp³-hybridized carbons (Fsp3) is 0.412. The van der Waals surface area contributed by atoms with E-state index in [1.807, 2.05) is 26.8 Å². The first kappa shape index (κ1) is 18.9. The zero-order chi connectivity index (χ0) is 18.3. The highest BCUT2D eigenvalue weighted by atomic mass is 35.5. The lowest BCUT2D eigenvalue weighted by Crippen LogP contribution is -2.33. The molecule has 1 amide bonds. The quantitative estimate of drug-likeness (QED) is 0.603. The van der Waals surface area contributed by atoms with Crippen molar-refractivity contribution in [1.82, 2.24) is 20.3 Å². The normalized spacial score (nSPS) is 11.0. The molecule has 0 unspecified atom stereocenters. The molecule has 0 saturated carbocycles. The van der Waals surface area contributed by atoms with Crippen LogP contribution in [0, 0.1) is 0 Å². The number of alkyl carbamates (subject to hydrolysis) is 1. The van der Waals surface area contributed by atoms with E-state index in [9.17, 15) is 4.79 Å². The molecule has 25 heavy (non-hydrogen) atoms. The van der Waals surface area contributed by atoms with E-state index in [1.54, 1.807) is 24.7 Å². The largest absolute Gasteiger partial charge is 0.444 e. The van der Waals surface area contributed by atoms with Gasteiger partial charge in [0.15, 0.2) is 0 Å². The lowest BCUT2D eigenvalue weighted by Gasteiger charge is -2.19. The summed E-state index contributed by atoms with van der Waals surface area (Å²) in [7, 11) is 0. The van der Waals surface area contributed by atoms with Crippen molar-refractivity contribution in [3.8, 4) is 11.1 Å². The first-order valence-electron chi connectivity index (χ1n) is 7.98. The zero-order valence-electron chi connectivity index (χ0n) is 14.5. The Hall–Kier alpha value is -2.41. The van der Waals surface area contributed by atoms with Gasteiger partial charge in [0, 0.05) is 37.2 Å². The van der Waals surface area contributed by atoms with E-state index in [0.29, 0.717) is 24.2 Å². The molecule has 2 rings (SSSR count). The van der Waals surface area contributed by atoms with Crippen LogP contribution in [0.5, 0.6) is 0 Å². The van der Waals surface area contributed by atoms with Crippen LogP contribution in [0.1, 0.15) is 27.2 Å². The Morgan fingerprint density at radius 3 is 2.52 bits per heavy atom. The van der Waals surface area contributed by atoms with Crippen molar-refractivity contribution in [1.29, 1.82) is 0 Å². The Morgan fingerprint density at radius 2 is 1.88 bits per heavy atom. The Kier molecular flexibility index (Phi) is 6.52. The number of amides is 1. The third kappa shape index (κ3) is 6.93. The number of halogens is 1. The number of nitrogens with zero attached hydrogens (tertiary/aromatic N) is 3. The van der Waals surface area contributed by atoms with Crippen LogP contribution in [0.25, 0.3) is 11.1 Å². The van der Waals surface area contributed by atoms with Crippen molar-refractivity contribution in [2.24, 2.45) is 0 Å². The summed E-state index contributed by atoms with van der Waals surface area (Å²) in [4.78, 5) is 24.0. The molecule has 0 saturated heterocycles. The second kappa shape index (κ2) is 8.62. The van der Waals surface area contributed by atoms with Crippen molar-refractivity contribution in [2.75, 3.05) is 18.4 Å². The van der Waals surface area contributed by atoms with Gasteiger partial charge < -0.3 is 15.4 Å². The van der Waals surface area contributed by atoms with Gasteiger partial charge in [0.25, 0.3) is 0 Å². The lowest BCUT2D eigenvalue weighted by atomic mass is 10.1. The van der Waals surface area contributed by atoms with Gasteiger partial charge in [-0.2, -0.15) is 0 Å². The van der Waals surface area contributed by atoms with Gasteiger partial charge in [-0.25, -0.2) is 19.7 Å². The van der Waals surface area contributed by atoms with Crippen LogP contribution >= 0.6 is 11.6 Å². The molecule has 2 heterocycles. The average Bonchev–Trinajstić information content (AvgIpc) is 2.53. The molecule has 0 aliphatic carbocycles. The standard InChI is InChI=1S/C17H22ClN5O2/c1-17(2,3)25-16(24)21-7-4-6-20-15-22-10-13(11-23-15)12-5-8-19-14(18)9-12/h5,8-11H,4,6-7H2,1-3H3,(H,21,24)(H,20,22,23). The van der Waals surface area contributed by atoms with Crippen LogP contribution in [0.3, 0.4) is 0 Å². The second-order valence-corrected chi connectivity index (χ2v) is 6.76. The third-order valence-corrected chi connectivity index (χ3v) is 3.22. The minimum absolute atomic E-state index is 0.413. The monoisotopic (exact) mass is 363 g/mol. The fourth-order valence-corrected chi connectivity index (χ4v) is 2.12. The highest BCUT2D eigenvalue weighted by Gasteiger charge is 2.15. The molecule has 2 aromatic rings. The summed E-state index contributed by atoms with van der Waals surface area (Å²) < 4.78 is 5.16. The third-order valence-electron chi connectivity index (χ3n) is 3.02. The van der Waals surface area contributed by atoms with E-state index in [0.717, 1.165) is 17.5 Å². The van der Waals surface area contributed by atoms with Gasteiger partial charge in [0.2, 0.25) is 5.95 Å². The van der Waals surface area contributed by atoms with Gasteiger partial charge in [-0.15, -0.1) is 0 Å². The molecular weight excluding hydrogens is 342 g/mol. The molecule has 0 atom stereocenters. The molecule has 8 heteroatoms. The molecule has 134 valence electrons. The van der Waals surface area contributed by atoms with Crippen molar-refractivity contribution in [2.45, 2.75) is 32.8 Å². The smallest absolute Gasteiger partial charge is 0.407 e. The van der Waals surface area contributed by atoms with Crippen LogP contribution in [-0.2, 0) is 4.74 Å². The summed E-state index contributed by atoms with van der Waals surface area (Å²) >= 11 is 5.88. The molecule has 0 bridgehead atoms. The number of anilines is 1. The highest BCUT2D eigenvalue weighted by Crippen LogP contribution is 2.20. The lowest BCUT2D eigenvalue weighted by molar-refractivity contribution is 0.0528. The number of carbonyl (C=O) groups is 1. The van der Waals surface area contributed by atoms with Gasteiger partial charge in [-0.05, 0) is 44.9 Å². The Balaban J connectivity index is 1.72. The molecule has 0 spiro atoms. The van der Waals surface area contributed by atoms with Gasteiger partial charge in [-0.1, -0.05) is 11.6 Å². The van der Waals surface area contributed by atoms with Gasteiger partial charge in [-0.3, -0.25) is 0 Å². The van der Waals surface area contributed by atoms with E-state index in [4.69, 9.17) is 16.3 Å². The van der Waals surface area contributed by atoms with Crippen LogP contribution in [0.4, 0.5) is 10.7 Å². The minimum atomic E-state index is -0.489. The number of pyridine rings is 1. The SMILES string of the molecule is CC(C)(C)OC(=O)NCCCNc1ncc(-c2ccnc(Cl)c2)cn1. The number of carbonyl (C=O) groups excluding carboxylic acids is 1. The predicted octanol–water partition coefficient (Wildman–Crippen LogP) is 3.52. The highest BCUT2D eigenvalue weighted by molar-refractivity contribution is 6.29. The first-order valence-corrected chi connectivity index (χ1v) is 8.36.